The summed E-state index contributed by atoms with van der Waals surface area (Å²) in [6.45, 7) is 9.74. The quantitative estimate of drug-likeness (QED) is 0.739. The first-order chi connectivity index (χ1) is 6.75. The highest BCUT2D eigenvalue weighted by Gasteiger charge is 2.25. The predicted molar refractivity (Wildman–Crippen MR) is 60.4 cm³/mol. The first-order valence-electron chi connectivity index (χ1n) is 6.21. The molecule has 1 saturated carbocycles. The van der Waals surface area contributed by atoms with Crippen molar-refractivity contribution in [2.24, 2.45) is 11.8 Å². The van der Waals surface area contributed by atoms with Crippen LogP contribution in [0.1, 0.15) is 33.1 Å². The van der Waals surface area contributed by atoms with Gasteiger partial charge in [-0.25, -0.2) is 0 Å². The summed E-state index contributed by atoms with van der Waals surface area (Å²) in [5, 5.41) is 3.62. The molecule has 1 heterocycles. The molecule has 0 aromatic heterocycles. The molecule has 1 N–H and O–H groups in total. The van der Waals surface area contributed by atoms with E-state index in [1.807, 2.05) is 0 Å². The summed E-state index contributed by atoms with van der Waals surface area (Å²) >= 11 is 0. The third kappa shape index (κ3) is 2.48. The van der Waals surface area contributed by atoms with Gasteiger partial charge in [0.25, 0.3) is 0 Å². The molecule has 0 radical (unpaired) electrons. The van der Waals surface area contributed by atoms with Crippen LogP contribution in [0.25, 0.3) is 0 Å². The van der Waals surface area contributed by atoms with E-state index in [1.165, 1.54) is 45.4 Å². The second-order valence-electron chi connectivity index (χ2n) is 5.36. The SMILES string of the molecule is CC(C)[C@H]1CN(CC2CCC2)CCN1. The first-order valence-corrected chi connectivity index (χ1v) is 6.21. The van der Waals surface area contributed by atoms with E-state index in [9.17, 15) is 0 Å². The zero-order chi connectivity index (χ0) is 9.97. The highest BCUT2D eigenvalue weighted by molar-refractivity contribution is 4.83. The zero-order valence-electron chi connectivity index (χ0n) is 9.63. The maximum Gasteiger partial charge on any atom is 0.0218 e. The van der Waals surface area contributed by atoms with Crippen LogP contribution in [-0.4, -0.2) is 37.1 Å². The summed E-state index contributed by atoms with van der Waals surface area (Å²) in [5.41, 5.74) is 0. The van der Waals surface area contributed by atoms with Crippen LogP contribution in [0.15, 0.2) is 0 Å². The Balaban J connectivity index is 1.75. The zero-order valence-corrected chi connectivity index (χ0v) is 9.63. The lowest BCUT2D eigenvalue weighted by molar-refractivity contribution is 0.127. The van der Waals surface area contributed by atoms with E-state index in [0.717, 1.165) is 17.9 Å². The van der Waals surface area contributed by atoms with Crippen LogP contribution >= 0.6 is 0 Å². The fourth-order valence-corrected chi connectivity index (χ4v) is 2.49. The van der Waals surface area contributed by atoms with Crippen LogP contribution in [0.2, 0.25) is 0 Å². The second kappa shape index (κ2) is 4.63. The lowest BCUT2D eigenvalue weighted by Crippen LogP contribution is -2.54. The molecule has 0 amide bonds. The van der Waals surface area contributed by atoms with Crippen molar-refractivity contribution in [1.82, 2.24) is 10.2 Å². The number of piperazine rings is 1. The van der Waals surface area contributed by atoms with Crippen LogP contribution in [0.4, 0.5) is 0 Å². The summed E-state index contributed by atoms with van der Waals surface area (Å²) in [5.74, 6) is 1.81. The monoisotopic (exact) mass is 196 g/mol. The van der Waals surface area contributed by atoms with Crippen molar-refractivity contribution < 1.29 is 0 Å². The van der Waals surface area contributed by atoms with Gasteiger partial charge in [0, 0.05) is 32.2 Å². The van der Waals surface area contributed by atoms with Gasteiger partial charge < -0.3 is 10.2 Å². The van der Waals surface area contributed by atoms with Crippen molar-refractivity contribution in [1.29, 1.82) is 0 Å². The summed E-state index contributed by atoms with van der Waals surface area (Å²) in [6, 6.07) is 0.726. The van der Waals surface area contributed by atoms with Crippen LogP contribution in [-0.2, 0) is 0 Å². The topological polar surface area (TPSA) is 15.3 Å². The highest BCUT2D eigenvalue weighted by atomic mass is 15.2. The van der Waals surface area contributed by atoms with E-state index < -0.39 is 0 Å². The van der Waals surface area contributed by atoms with Gasteiger partial charge in [-0.05, 0) is 24.7 Å². The molecule has 0 bridgehead atoms. The number of hydrogen-bond acceptors (Lipinski definition) is 2. The van der Waals surface area contributed by atoms with Gasteiger partial charge >= 0.3 is 0 Å². The molecule has 2 nitrogen and oxygen atoms in total. The van der Waals surface area contributed by atoms with Crippen molar-refractivity contribution in [3.8, 4) is 0 Å². The molecule has 2 rings (SSSR count). The van der Waals surface area contributed by atoms with Gasteiger partial charge in [-0.2, -0.15) is 0 Å². The highest BCUT2D eigenvalue weighted by Crippen LogP contribution is 2.27. The summed E-state index contributed by atoms with van der Waals surface area (Å²) in [4.78, 5) is 2.67. The smallest absolute Gasteiger partial charge is 0.0218 e. The van der Waals surface area contributed by atoms with Gasteiger partial charge in [0.05, 0.1) is 0 Å². The van der Waals surface area contributed by atoms with E-state index in [4.69, 9.17) is 0 Å². The lowest BCUT2D eigenvalue weighted by Gasteiger charge is -2.39. The third-order valence-corrected chi connectivity index (χ3v) is 3.84. The lowest BCUT2D eigenvalue weighted by atomic mass is 9.85. The maximum atomic E-state index is 3.62. The maximum absolute atomic E-state index is 3.62. The van der Waals surface area contributed by atoms with Gasteiger partial charge in [-0.1, -0.05) is 20.3 Å². The first kappa shape index (κ1) is 10.4. The molecule has 1 aliphatic carbocycles. The normalized spacial score (nSPS) is 30.6. The molecule has 14 heavy (non-hydrogen) atoms. The molecule has 2 fully saturated rings. The van der Waals surface area contributed by atoms with Gasteiger partial charge in [0.1, 0.15) is 0 Å². The average molecular weight is 196 g/mol. The summed E-state index contributed by atoms with van der Waals surface area (Å²) < 4.78 is 0. The molecular weight excluding hydrogens is 172 g/mol. The Kier molecular flexibility index (Phi) is 3.45. The third-order valence-electron chi connectivity index (χ3n) is 3.84. The average Bonchev–Trinajstić information content (AvgIpc) is 2.12. The van der Waals surface area contributed by atoms with E-state index in [-0.39, 0.29) is 0 Å². The fraction of sp³-hybridized carbons (Fsp3) is 1.00. The Bertz CT molecular complexity index is 175. The minimum atomic E-state index is 0.726. The molecule has 1 atom stereocenters. The number of nitrogens with one attached hydrogen (secondary N) is 1. The Morgan fingerprint density at radius 1 is 1.36 bits per heavy atom. The van der Waals surface area contributed by atoms with Crippen LogP contribution in [0.3, 0.4) is 0 Å². The van der Waals surface area contributed by atoms with E-state index >= 15 is 0 Å². The standard InChI is InChI=1S/C12H24N2/c1-10(2)12-9-14(7-6-13-12)8-11-4-3-5-11/h10-13H,3-9H2,1-2H3/t12-/m1/s1. The van der Waals surface area contributed by atoms with Crippen molar-refractivity contribution in [3.63, 3.8) is 0 Å². The van der Waals surface area contributed by atoms with Crippen LogP contribution in [0.5, 0.6) is 0 Å². The van der Waals surface area contributed by atoms with Gasteiger partial charge in [0.15, 0.2) is 0 Å². The van der Waals surface area contributed by atoms with Gasteiger partial charge in [-0.15, -0.1) is 0 Å². The number of nitrogens with zero attached hydrogens (tertiary/aromatic N) is 1. The Labute approximate surface area is 88.1 Å². The van der Waals surface area contributed by atoms with Crippen molar-refractivity contribution in [2.75, 3.05) is 26.2 Å². The molecular formula is C12H24N2. The molecule has 0 aromatic rings. The van der Waals surface area contributed by atoms with Crippen LogP contribution < -0.4 is 5.32 Å². The van der Waals surface area contributed by atoms with E-state index in [0.29, 0.717) is 0 Å². The molecule has 0 unspecified atom stereocenters. The molecule has 0 spiro atoms. The minimum absolute atomic E-state index is 0.726. The Morgan fingerprint density at radius 2 is 2.14 bits per heavy atom. The number of rotatable bonds is 3. The van der Waals surface area contributed by atoms with Crippen molar-refractivity contribution >= 4 is 0 Å². The fourth-order valence-electron chi connectivity index (χ4n) is 2.49. The molecule has 82 valence electrons. The Hall–Kier alpha value is -0.0800. The molecule has 1 saturated heterocycles. The largest absolute Gasteiger partial charge is 0.311 e. The second-order valence-corrected chi connectivity index (χ2v) is 5.36. The van der Waals surface area contributed by atoms with Gasteiger partial charge in [0.2, 0.25) is 0 Å². The minimum Gasteiger partial charge on any atom is -0.311 e. The van der Waals surface area contributed by atoms with Gasteiger partial charge in [-0.3, -0.25) is 0 Å². The molecule has 0 aromatic carbocycles. The summed E-state index contributed by atoms with van der Waals surface area (Å²) in [7, 11) is 0. The molecule has 2 heteroatoms. The molecule has 2 aliphatic rings. The number of hydrogen-bond donors (Lipinski definition) is 1. The van der Waals surface area contributed by atoms with Crippen molar-refractivity contribution in [2.45, 2.75) is 39.2 Å². The molecule has 1 aliphatic heterocycles. The van der Waals surface area contributed by atoms with Crippen LogP contribution in [0, 0.1) is 11.8 Å². The summed E-state index contributed by atoms with van der Waals surface area (Å²) in [6.07, 6.45) is 4.44. The van der Waals surface area contributed by atoms with Crippen molar-refractivity contribution in [3.05, 3.63) is 0 Å². The Morgan fingerprint density at radius 3 is 2.71 bits per heavy atom. The van der Waals surface area contributed by atoms with E-state index in [2.05, 4.69) is 24.1 Å². The van der Waals surface area contributed by atoms with E-state index in [1.54, 1.807) is 0 Å². The predicted octanol–water partition coefficient (Wildman–Crippen LogP) is 1.72.